The van der Waals surface area contributed by atoms with Crippen molar-refractivity contribution in [1.82, 2.24) is 0 Å². The van der Waals surface area contributed by atoms with Gasteiger partial charge in [-0.05, 0) is 61.4 Å². The van der Waals surface area contributed by atoms with E-state index in [1.54, 1.807) is 36.1 Å². The highest BCUT2D eigenvalue weighted by Gasteiger charge is 2.31. The van der Waals surface area contributed by atoms with Crippen LogP contribution in [-0.4, -0.2) is 17.9 Å². The fraction of sp³-hybridized carbons (Fsp3) is 0.222. The Balaban J connectivity index is 1.83. The number of hydrogen-bond acceptors (Lipinski definition) is 2. The van der Waals surface area contributed by atoms with Crippen LogP contribution in [0.25, 0.3) is 0 Å². The third kappa shape index (κ3) is 3.47. The molecule has 3 rings (SSSR count). The number of hydrogen-bond donors (Lipinski definition) is 1. The summed E-state index contributed by atoms with van der Waals surface area (Å²) in [6.07, 6.45) is 1.09. The van der Waals surface area contributed by atoms with E-state index < -0.39 is 6.04 Å². The minimum atomic E-state index is -0.603. The quantitative estimate of drug-likeness (QED) is 0.819. The van der Waals surface area contributed by atoms with Crippen molar-refractivity contribution in [3.05, 3.63) is 57.5 Å². The van der Waals surface area contributed by atoms with Crippen LogP contribution in [0.1, 0.15) is 18.9 Å². The number of benzene rings is 2. The van der Waals surface area contributed by atoms with Crippen molar-refractivity contribution in [3.8, 4) is 0 Å². The first-order valence-corrected chi connectivity index (χ1v) is 8.80. The summed E-state index contributed by atoms with van der Waals surface area (Å²) in [5.41, 5.74) is 2.51. The number of amides is 2. The Morgan fingerprint density at radius 1 is 1.21 bits per heavy atom. The molecule has 0 aliphatic carbocycles. The molecular weight excluding hydrogens is 392 g/mol. The van der Waals surface area contributed by atoms with Crippen LogP contribution in [0.15, 0.2) is 46.9 Å². The Morgan fingerprint density at radius 3 is 2.62 bits per heavy atom. The standard InChI is InChI=1S/C18H16BrClN2O2/c1-11(18(24)21-15-6-4-14(20)5-7-15)22-16-8-3-13(19)10-12(16)2-9-17(22)23/h3-8,10-11H,2,9H2,1H3,(H,21,24). The lowest BCUT2D eigenvalue weighted by atomic mass is 9.99. The Morgan fingerprint density at radius 2 is 1.92 bits per heavy atom. The molecule has 6 heteroatoms. The lowest BCUT2D eigenvalue weighted by Gasteiger charge is -2.33. The van der Waals surface area contributed by atoms with Gasteiger partial charge in [0.05, 0.1) is 0 Å². The molecule has 2 amide bonds. The smallest absolute Gasteiger partial charge is 0.247 e. The van der Waals surface area contributed by atoms with Crippen LogP contribution in [0, 0.1) is 0 Å². The number of anilines is 2. The predicted molar refractivity (Wildman–Crippen MR) is 99.5 cm³/mol. The van der Waals surface area contributed by atoms with E-state index in [0.29, 0.717) is 23.6 Å². The molecule has 24 heavy (non-hydrogen) atoms. The molecular formula is C18H16BrClN2O2. The Bertz CT molecular complexity index is 792. The van der Waals surface area contributed by atoms with Crippen molar-refractivity contribution >= 4 is 50.7 Å². The van der Waals surface area contributed by atoms with Crippen molar-refractivity contribution in [3.63, 3.8) is 0 Å². The van der Waals surface area contributed by atoms with Gasteiger partial charge in [-0.1, -0.05) is 27.5 Å². The number of fused-ring (bicyclic) bond motifs is 1. The first-order valence-electron chi connectivity index (χ1n) is 7.62. The maximum Gasteiger partial charge on any atom is 0.247 e. The van der Waals surface area contributed by atoms with Gasteiger partial charge in [-0.25, -0.2) is 0 Å². The molecule has 0 aromatic heterocycles. The number of halogens is 2. The third-order valence-electron chi connectivity index (χ3n) is 4.06. The predicted octanol–water partition coefficient (Wildman–Crippen LogP) is 4.41. The molecule has 0 saturated carbocycles. The zero-order valence-corrected chi connectivity index (χ0v) is 15.4. The monoisotopic (exact) mass is 406 g/mol. The summed E-state index contributed by atoms with van der Waals surface area (Å²) >= 11 is 9.30. The van der Waals surface area contributed by atoms with Gasteiger partial charge >= 0.3 is 0 Å². The largest absolute Gasteiger partial charge is 0.324 e. The van der Waals surface area contributed by atoms with E-state index in [1.807, 2.05) is 18.2 Å². The van der Waals surface area contributed by atoms with Gasteiger partial charge in [-0.2, -0.15) is 0 Å². The number of nitrogens with one attached hydrogen (secondary N) is 1. The molecule has 1 N–H and O–H groups in total. The van der Waals surface area contributed by atoms with E-state index in [4.69, 9.17) is 11.6 Å². The molecule has 0 spiro atoms. The molecule has 4 nitrogen and oxygen atoms in total. The van der Waals surface area contributed by atoms with Gasteiger partial charge in [0.2, 0.25) is 11.8 Å². The summed E-state index contributed by atoms with van der Waals surface area (Å²) in [5, 5.41) is 3.43. The van der Waals surface area contributed by atoms with E-state index >= 15 is 0 Å². The van der Waals surface area contributed by atoms with Gasteiger partial charge in [-0.15, -0.1) is 0 Å². The molecule has 0 bridgehead atoms. The molecule has 1 atom stereocenters. The third-order valence-corrected chi connectivity index (χ3v) is 4.80. The fourth-order valence-corrected chi connectivity index (χ4v) is 3.34. The molecule has 0 fully saturated rings. The van der Waals surface area contributed by atoms with E-state index in [-0.39, 0.29) is 11.8 Å². The first-order chi connectivity index (χ1) is 11.5. The van der Waals surface area contributed by atoms with Gasteiger partial charge in [0.1, 0.15) is 6.04 Å². The summed E-state index contributed by atoms with van der Waals surface area (Å²) in [6.45, 7) is 1.74. The number of rotatable bonds is 3. The topological polar surface area (TPSA) is 49.4 Å². The van der Waals surface area contributed by atoms with Crippen LogP contribution in [0.2, 0.25) is 5.02 Å². The lowest BCUT2D eigenvalue weighted by Crippen LogP contribution is -2.47. The average molecular weight is 408 g/mol. The lowest BCUT2D eigenvalue weighted by molar-refractivity contribution is -0.123. The molecule has 1 heterocycles. The van der Waals surface area contributed by atoms with Crippen molar-refractivity contribution in [2.24, 2.45) is 0 Å². The van der Waals surface area contributed by atoms with Crippen molar-refractivity contribution in [1.29, 1.82) is 0 Å². The van der Waals surface area contributed by atoms with Crippen LogP contribution in [0.3, 0.4) is 0 Å². The minimum absolute atomic E-state index is 0.0384. The molecule has 1 aliphatic rings. The summed E-state index contributed by atoms with van der Waals surface area (Å²) in [7, 11) is 0. The van der Waals surface area contributed by atoms with Crippen LogP contribution in [0.5, 0.6) is 0 Å². The zero-order chi connectivity index (χ0) is 17.3. The van der Waals surface area contributed by atoms with Gasteiger partial charge in [0, 0.05) is 27.3 Å². The van der Waals surface area contributed by atoms with Crippen LogP contribution >= 0.6 is 27.5 Å². The molecule has 1 aliphatic heterocycles. The summed E-state index contributed by atoms with van der Waals surface area (Å²) in [6, 6.07) is 12.0. The van der Waals surface area contributed by atoms with Crippen LogP contribution < -0.4 is 10.2 Å². The first kappa shape index (κ1) is 17.0. The van der Waals surface area contributed by atoms with Gasteiger partial charge in [0.15, 0.2) is 0 Å². The summed E-state index contributed by atoms with van der Waals surface area (Å²) < 4.78 is 0.966. The Labute approximate surface area is 153 Å². The average Bonchev–Trinajstić information content (AvgIpc) is 2.56. The van der Waals surface area contributed by atoms with E-state index in [1.165, 1.54) is 0 Å². The number of aryl methyl sites for hydroxylation is 1. The van der Waals surface area contributed by atoms with E-state index in [2.05, 4.69) is 21.2 Å². The SMILES string of the molecule is CC(C(=O)Nc1ccc(Cl)cc1)N1C(=O)CCc2cc(Br)ccc21. The Hall–Kier alpha value is -1.85. The number of carbonyl (C=O) groups excluding carboxylic acids is 2. The molecule has 124 valence electrons. The normalized spacial score (nSPS) is 15.0. The van der Waals surface area contributed by atoms with Crippen LogP contribution in [-0.2, 0) is 16.0 Å². The van der Waals surface area contributed by atoms with Crippen molar-refractivity contribution < 1.29 is 9.59 Å². The molecule has 0 saturated heterocycles. The Kier molecular flexibility index (Phi) is 4.92. The minimum Gasteiger partial charge on any atom is -0.324 e. The van der Waals surface area contributed by atoms with Gasteiger partial charge in [0.25, 0.3) is 0 Å². The maximum atomic E-state index is 12.6. The second-order valence-electron chi connectivity index (χ2n) is 5.71. The number of nitrogens with zero attached hydrogens (tertiary/aromatic N) is 1. The summed E-state index contributed by atoms with van der Waals surface area (Å²) in [4.78, 5) is 26.6. The van der Waals surface area contributed by atoms with E-state index in [0.717, 1.165) is 15.7 Å². The highest BCUT2D eigenvalue weighted by molar-refractivity contribution is 9.10. The van der Waals surface area contributed by atoms with Gasteiger partial charge < -0.3 is 5.32 Å². The van der Waals surface area contributed by atoms with Crippen molar-refractivity contribution in [2.75, 3.05) is 10.2 Å². The highest BCUT2D eigenvalue weighted by Crippen LogP contribution is 2.32. The second kappa shape index (κ2) is 6.95. The van der Waals surface area contributed by atoms with Crippen LogP contribution in [0.4, 0.5) is 11.4 Å². The second-order valence-corrected chi connectivity index (χ2v) is 7.06. The molecule has 2 aromatic carbocycles. The highest BCUT2D eigenvalue weighted by atomic mass is 79.9. The summed E-state index contributed by atoms with van der Waals surface area (Å²) in [5.74, 6) is -0.273. The maximum absolute atomic E-state index is 12.6. The fourth-order valence-electron chi connectivity index (χ4n) is 2.81. The van der Waals surface area contributed by atoms with Gasteiger partial charge in [-0.3, -0.25) is 14.5 Å². The molecule has 0 radical (unpaired) electrons. The zero-order valence-electron chi connectivity index (χ0n) is 13.1. The van der Waals surface area contributed by atoms with E-state index in [9.17, 15) is 9.59 Å². The number of carbonyl (C=O) groups is 2. The molecule has 1 unspecified atom stereocenters. The van der Waals surface area contributed by atoms with Crippen molar-refractivity contribution in [2.45, 2.75) is 25.8 Å². The molecule has 2 aromatic rings.